The molecule has 0 aromatic carbocycles. The Kier molecular flexibility index (Phi) is 4.57. The minimum atomic E-state index is 0.873. The lowest BCUT2D eigenvalue weighted by Crippen LogP contribution is -2.29. The monoisotopic (exact) mass is 295 g/mol. The van der Waals surface area contributed by atoms with Gasteiger partial charge in [0.1, 0.15) is 5.82 Å². The summed E-state index contributed by atoms with van der Waals surface area (Å²) in [5.74, 6) is 1.11. The Morgan fingerprint density at radius 2 is 2.35 bits per heavy atom. The highest BCUT2D eigenvalue weighted by Gasteiger charge is 2.13. The quantitative estimate of drug-likeness (QED) is 0.866. The molecule has 0 aliphatic carbocycles. The Morgan fingerprint density at radius 3 is 3.06 bits per heavy atom. The van der Waals surface area contributed by atoms with Crippen LogP contribution < -0.4 is 10.2 Å². The molecule has 1 aliphatic heterocycles. The van der Waals surface area contributed by atoms with Gasteiger partial charge in [0, 0.05) is 35.9 Å². The van der Waals surface area contributed by atoms with Crippen LogP contribution >= 0.6 is 15.9 Å². The molecule has 4 heteroatoms. The van der Waals surface area contributed by atoms with Gasteiger partial charge in [0.15, 0.2) is 0 Å². The smallest absolute Gasteiger partial charge is 0.133 e. The van der Waals surface area contributed by atoms with E-state index in [0.717, 1.165) is 42.9 Å². The van der Waals surface area contributed by atoms with E-state index in [1.54, 1.807) is 0 Å². The van der Waals surface area contributed by atoms with Gasteiger partial charge in [-0.05, 0) is 35.0 Å². The molecule has 92 valence electrons. The first-order valence-corrected chi connectivity index (χ1v) is 6.85. The van der Waals surface area contributed by atoms with Gasteiger partial charge in [-0.25, -0.2) is 4.98 Å². The maximum Gasteiger partial charge on any atom is 0.133 e. The molecule has 17 heavy (non-hydrogen) atoms. The second-order valence-electron chi connectivity index (χ2n) is 4.12. The summed E-state index contributed by atoms with van der Waals surface area (Å²) in [6.45, 7) is 6.00. The summed E-state index contributed by atoms with van der Waals surface area (Å²) in [6, 6.07) is 2.16. The minimum absolute atomic E-state index is 0.873. The summed E-state index contributed by atoms with van der Waals surface area (Å²) in [5.41, 5.74) is 1.26. The molecule has 1 aromatic heterocycles. The summed E-state index contributed by atoms with van der Waals surface area (Å²) in [4.78, 5) is 6.89. The number of nitrogens with one attached hydrogen (secondary N) is 1. The molecule has 0 unspecified atom stereocenters. The van der Waals surface area contributed by atoms with Gasteiger partial charge >= 0.3 is 0 Å². The molecule has 1 N–H and O–H groups in total. The van der Waals surface area contributed by atoms with Crippen molar-refractivity contribution in [3.8, 4) is 0 Å². The summed E-state index contributed by atoms with van der Waals surface area (Å²) in [7, 11) is 0. The lowest BCUT2D eigenvalue weighted by atomic mass is 10.2. The van der Waals surface area contributed by atoms with Crippen molar-refractivity contribution in [1.82, 2.24) is 10.3 Å². The SMILES string of the molecule is CCNCc1cc(Br)cnc1N1CC=CCC1. The van der Waals surface area contributed by atoms with E-state index in [1.807, 2.05) is 6.20 Å². The molecular formula is C13H18BrN3. The van der Waals surface area contributed by atoms with Crippen LogP contribution in [0.25, 0.3) is 0 Å². The van der Waals surface area contributed by atoms with Crippen molar-refractivity contribution in [2.24, 2.45) is 0 Å². The molecule has 3 nitrogen and oxygen atoms in total. The molecule has 1 aliphatic rings. The molecule has 2 rings (SSSR count). The van der Waals surface area contributed by atoms with Crippen molar-refractivity contribution < 1.29 is 0 Å². The van der Waals surface area contributed by atoms with Gasteiger partial charge in [0.05, 0.1) is 0 Å². The van der Waals surface area contributed by atoms with Gasteiger partial charge in [-0.15, -0.1) is 0 Å². The first-order valence-electron chi connectivity index (χ1n) is 6.06. The van der Waals surface area contributed by atoms with Crippen LogP contribution in [0, 0.1) is 0 Å². The largest absolute Gasteiger partial charge is 0.352 e. The van der Waals surface area contributed by atoms with Crippen molar-refractivity contribution in [1.29, 1.82) is 0 Å². The average molecular weight is 296 g/mol. The second-order valence-corrected chi connectivity index (χ2v) is 5.04. The summed E-state index contributed by atoms with van der Waals surface area (Å²) < 4.78 is 1.04. The van der Waals surface area contributed by atoms with Gasteiger partial charge in [0.25, 0.3) is 0 Å². The van der Waals surface area contributed by atoms with Gasteiger partial charge in [-0.1, -0.05) is 19.1 Å². The lowest BCUT2D eigenvalue weighted by molar-refractivity contribution is 0.713. The highest BCUT2D eigenvalue weighted by Crippen LogP contribution is 2.23. The number of nitrogens with zero attached hydrogens (tertiary/aromatic N) is 2. The van der Waals surface area contributed by atoms with E-state index < -0.39 is 0 Å². The number of pyridine rings is 1. The number of rotatable bonds is 4. The zero-order valence-electron chi connectivity index (χ0n) is 10.1. The molecule has 0 saturated carbocycles. The summed E-state index contributed by atoms with van der Waals surface area (Å²) in [6.07, 6.45) is 7.44. The fraction of sp³-hybridized carbons (Fsp3) is 0.462. The van der Waals surface area contributed by atoms with E-state index in [-0.39, 0.29) is 0 Å². The maximum atomic E-state index is 4.56. The molecule has 0 fully saturated rings. The molecule has 1 aromatic rings. The second kappa shape index (κ2) is 6.17. The van der Waals surface area contributed by atoms with Gasteiger partial charge in [0.2, 0.25) is 0 Å². The van der Waals surface area contributed by atoms with Crippen LogP contribution in [0.1, 0.15) is 18.9 Å². The third-order valence-corrected chi connectivity index (χ3v) is 3.27. The number of anilines is 1. The van der Waals surface area contributed by atoms with E-state index in [2.05, 4.69) is 56.3 Å². The van der Waals surface area contributed by atoms with E-state index in [0.29, 0.717) is 0 Å². The molecule has 0 spiro atoms. The summed E-state index contributed by atoms with van der Waals surface area (Å²) >= 11 is 3.49. The van der Waals surface area contributed by atoms with E-state index in [4.69, 9.17) is 0 Å². The van der Waals surface area contributed by atoms with Crippen LogP contribution in [0.4, 0.5) is 5.82 Å². The third-order valence-electron chi connectivity index (χ3n) is 2.83. The van der Waals surface area contributed by atoms with Crippen LogP contribution in [0.5, 0.6) is 0 Å². The first kappa shape index (κ1) is 12.6. The fourth-order valence-electron chi connectivity index (χ4n) is 1.98. The van der Waals surface area contributed by atoms with Crippen molar-refractivity contribution in [3.63, 3.8) is 0 Å². The van der Waals surface area contributed by atoms with E-state index in [1.165, 1.54) is 5.56 Å². The third kappa shape index (κ3) is 3.30. The molecular weight excluding hydrogens is 278 g/mol. The summed E-state index contributed by atoms with van der Waals surface area (Å²) in [5, 5.41) is 3.37. The minimum Gasteiger partial charge on any atom is -0.352 e. The van der Waals surface area contributed by atoms with Gasteiger partial charge < -0.3 is 10.2 Å². The normalized spacial score (nSPS) is 15.3. The lowest BCUT2D eigenvalue weighted by Gasteiger charge is -2.26. The number of hydrogen-bond acceptors (Lipinski definition) is 3. The Morgan fingerprint density at radius 1 is 1.47 bits per heavy atom. The Labute approximate surface area is 111 Å². The number of aromatic nitrogens is 1. The zero-order chi connectivity index (χ0) is 12.1. The van der Waals surface area contributed by atoms with Crippen molar-refractivity contribution in [3.05, 3.63) is 34.5 Å². The Balaban J connectivity index is 2.21. The van der Waals surface area contributed by atoms with Gasteiger partial charge in [-0.2, -0.15) is 0 Å². The first-order chi connectivity index (χ1) is 8.31. The number of hydrogen-bond donors (Lipinski definition) is 1. The Hall–Kier alpha value is -0.870. The molecule has 0 bridgehead atoms. The maximum absolute atomic E-state index is 4.56. The van der Waals surface area contributed by atoms with Crippen LogP contribution in [-0.4, -0.2) is 24.6 Å². The predicted molar refractivity (Wildman–Crippen MR) is 75.3 cm³/mol. The fourth-order valence-corrected chi connectivity index (χ4v) is 2.36. The van der Waals surface area contributed by atoms with Gasteiger partial charge in [-0.3, -0.25) is 0 Å². The van der Waals surface area contributed by atoms with Crippen molar-refractivity contribution in [2.45, 2.75) is 19.9 Å². The van der Waals surface area contributed by atoms with E-state index >= 15 is 0 Å². The van der Waals surface area contributed by atoms with Crippen LogP contribution in [0.2, 0.25) is 0 Å². The van der Waals surface area contributed by atoms with Crippen molar-refractivity contribution >= 4 is 21.7 Å². The van der Waals surface area contributed by atoms with Crippen LogP contribution in [-0.2, 0) is 6.54 Å². The topological polar surface area (TPSA) is 28.2 Å². The zero-order valence-corrected chi connectivity index (χ0v) is 11.7. The molecule has 0 saturated heterocycles. The van der Waals surface area contributed by atoms with Crippen LogP contribution in [0.15, 0.2) is 28.9 Å². The average Bonchev–Trinajstić information content (AvgIpc) is 2.37. The number of halogens is 1. The Bertz CT molecular complexity index is 404. The molecule has 0 amide bonds. The molecule has 0 atom stereocenters. The van der Waals surface area contributed by atoms with Crippen molar-refractivity contribution in [2.75, 3.05) is 24.5 Å². The standard InChI is InChI=1S/C13H18BrN3/c1-2-15-9-11-8-12(14)10-16-13(11)17-6-4-3-5-7-17/h3-4,8,10,15H,2,5-7,9H2,1H3. The van der Waals surface area contributed by atoms with E-state index in [9.17, 15) is 0 Å². The highest BCUT2D eigenvalue weighted by molar-refractivity contribution is 9.10. The predicted octanol–water partition coefficient (Wildman–Crippen LogP) is 2.72. The molecule has 0 radical (unpaired) electrons. The highest BCUT2D eigenvalue weighted by atomic mass is 79.9. The van der Waals surface area contributed by atoms with Crippen LogP contribution in [0.3, 0.4) is 0 Å². The molecule has 2 heterocycles.